The van der Waals surface area contributed by atoms with E-state index in [0.717, 1.165) is 28.6 Å². The average Bonchev–Trinajstić information content (AvgIpc) is 2.42. The Hall–Kier alpha value is -1.75. The van der Waals surface area contributed by atoms with Crippen LogP contribution in [0.15, 0.2) is 41.8 Å². The lowest BCUT2D eigenvalue weighted by Gasteiger charge is -2.07. The number of hydrogen-bond donors (Lipinski definition) is 1. The molecule has 0 aliphatic rings. The first-order valence-corrected chi connectivity index (χ1v) is 7.13. The number of rotatable bonds is 6. The lowest BCUT2D eigenvalue weighted by Crippen LogP contribution is -2.01. The third kappa shape index (κ3) is 4.44. The number of nitrogens with two attached hydrogens (primary N) is 1. The van der Waals surface area contributed by atoms with Crippen LogP contribution in [0.2, 0.25) is 0 Å². The molecule has 100 valence electrons. The van der Waals surface area contributed by atoms with Crippen molar-refractivity contribution in [2.45, 2.75) is 18.5 Å². The van der Waals surface area contributed by atoms with Gasteiger partial charge in [0.1, 0.15) is 5.75 Å². The highest BCUT2D eigenvalue weighted by molar-refractivity contribution is 7.99. The number of aryl methyl sites for hydroxylation is 1. The van der Waals surface area contributed by atoms with E-state index in [4.69, 9.17) is 10.5 Å². The van der Waals surface area contributed by atoms with Gasteiger partial charge in [0, 0.05) is 18.1 Å². The fourth-order valence-corrected chi connectivity index (χ4v) is 2.17. The number of nitrogen functional groups attached to an aromatic ring is 1. The molecule has 0 radical (unpaired) electrons. The minimum absolute atomic E-state index is 0.646. The molecular formula is C14H17N3OS. The Morgan fingerprint density at radius 3 is 2.68 bits per heavy atom. The third-order valence-electron chi connectivity index (χ3n) is 2.45. The van der Waals surface area contributed by atoms with E-state index in [1.165, 1.54) is 0 Å². The molecule has 1 aromatic heterocycles. The summed E-state index contributed by atoms with van der Waals surface area (Å²) in [6.07, 6.45) is 4.59. The lowest BCUT2D eigenvalue weighted by atomic mass is 10.3. The molecule has 0 atom stereocenters. The minimum Gasteiger partial charge on any atom is -0.491 e. The normalized spacial score (nSPS) is 10.4. The number of anilines is 1. The highest BCUT2D eigenvalue weighted by Gasteiger charge is 2.00. The van der Waals surface area contributed by atoms with Gasteiger partial charge >= 0.3 is 0 Å². The van der Waals surface area contributed by atoms with Crippen molar-refractivity contribution in [3.63, 3.8) is 0 Å². The molecule has 0 bridgehead atoms. The van der Waals surface area contributed by atoms with Crippen LogP contribution in [-0.4, -0.2) is 22.3 Å². The second-order valence-corrected chi connectivity index (χ2v) is 5.19. The van der Waals surface area contributed by atoms with E-state index in [9.17, 15) is 0 Å². The molecular weight excluding hydrogens is 258 g/mol. The summed E-state index contributed by atoms with van der Waals surface area (Å²) < 4.78 is 5.61. The summed E-state index contributed by atoms with van der Waals surface area (Å²) in [5.74, 6) is 1.68. The molecule has 0 spiro atoms. The maximum absolute atomic E-state index is 5.79. The van der Waals surface area contributed by atoms with Crippen LogP contribution in [0.3, 0.4) is 0 Å². The van der Waals surface area contributed by atoms with E-state index >= 15 is 0 Å². The van der Waals surface area contributed by atoms with Crippen LogP contribution in [-0.2, 0) is 0 Å². The molecule has 1 aromatic carbocycles. The summed E-state index contributed by atoms with van der Waals surface area (Å²) in [5.41, 5.74) is 7.54. The zero-order valence-electron chi connectivity index (χ0n) is 10.9. The molecule has 0 saturated carbocycles. The maximum Gasteiger partial charge on any atom is 0.187 e. The maximum atomic E-state index is 5.79. The zero-order valence-corrected chi connectivity index (χ0v) is 11.7. The summed E-state index contributed by atoms with van der Waals surface area (Å²) in [5, 5.41) is 0.810. The number of aromatic nitrogens is 2. The Balaban J connectivity index is 1.67. The van der Waals surface area contributed by atoms with Gasteiger partial charge in [0.05, 0.1) is 12.3 Å². The fourth-order valence-electron chi connectivity index (χ4n) is 1.47. The standard InChI is InChI=1S/C14H17N3OS/c1-11-9-16-14(17-10-11)19-8-4-7-18-13-6-3-2-5-12(13)15/h2-3,5-6,9-10H,4,7-8,15H2,1H3. The summed E-state index contributed by atoms with van der Waals surface area (Å²) in [6.45, 7) is 2.62. The first-order chi connectivity index (χ1) is 9.25. The summed E-state index contributed by atoms with van der Waals surface area (Å²) in [4.78, 5) is 8.48. The molecule has 2 rings (SSSR count). The molecule has 19 heavy (non-hydrogen) atoms. The average molecular weight is 275 g/mol. The third-order valence-corrected chi connectivity index (χ3v) is 3.42. The van der Waals surface area contributed by atoms with Crippen LogP contribution in [0.25, 0.3) is 0 Å². The van der Waals surface area contributed by atoms with Gasteiger partial charge in [-0.25, -0.2) is 9.97 Å². The van der Waals surface area contributed by atoms with E-state index < -0.39 is 0 Å². The second kappa shape index (κ2) is 6.99. The zero-order chi connectivity index (χ0) is 13.5. The Labute approximate surface area is 117 Å². The number of benzene rings is 1. The first kappa shape index (κ1) is 13.7. The number of thioether (sulfide) groups is 1. The van der Waals surface area contributed by atoms with E-state index in [-0.39, 0.29) is 0 Å². The Bertz CT molecular complexity index is 516. The number of hydrogen-bond acceptors (Lipinski definition) is 5. The number of para-hydroxylation sites is 2. The van der Waals surface area contributed by atoms with Gasteiger partial charge in [0.15, 0.2) is 5.16 Å². The van der Waals surface area contributed by atoms with Gasteiger partial charge in [-0.2, -0.15) is 0 Å². The first-order valence-electron chi connectivity index (χ1n) is 6.14. The van der Waals surface area contributed by atoms with E-state index in [1.807, 2.05) is 43.6 Å². The van der Waals surface area contributed by atoms with E-state index in [2.05, 4.69) is 9.97 Å². The largest absolute Gasteiger partial charge is 0.491 e. The quantitative estimate of drug-likeness (QED) is 0.380. The Morgan fingerprint density at radius 1 is 1.21 bits per heavy atom. The van der Waals surface area contributed by atoms with Crippen molar-refractivity contribution in [1.82, 2.24) is 9.97 Å². The molecule has 0 fully saturated rings. The number of ether oxygens (including phenoxy) is 1. The number of nitrogens with zero attached hydrogens (tertiary/aromatic N) is 2. The van der Waals surface area contributed by atoms with Crippen molar-refractivity contribution in [2.24, 2.45) is 0 Å². The monoisotopic (exact) mass is 275 g/mol. The van der Waals surface area contributed by atoms with Crippen LogP contribution < -0.4 is 10.5 Å². The molecule has 0 aliphatic carbocycles. The smallest absolute Gasteiger partial charge is 0.187 e. The van der Waals surface area contributed by atoms with Crippen molar-refractivity contribution in [1.29, 1.82) is 0 Å². The molecule has 0 unspecified atom stereocenters. The topological polar surface area (TPSA) is 61.0 Å². The Morgan fingerprint density at radius 2 is 1.95 bits per heavy atom. The van der Waals surface area contributed by atoms with Crippen LogP contribution in [0.1, 0.15) is 12.0 Å². The molecule has 5 heteroatoms. The van der Waals surface area contributed by atoms with Crippen molar-refractivity contribution in [2.75, 3.05) is 18.1 Å². The van der Waals surface area contributed by atoms with Gasteiger partial charge in [-0.3, -0.25) is 0 Å². The summed E-state index contributed by atoms with van der Waals surface area (Å²) >= 11 is 1.63. The predicted octanol–water partition coefficient (Wildman–Crippen LogP) is 2.93. The van der Waals surface area contributed by atoms with Gasteiger partial charge < -0.3 is 10.5 Å². The van der Waals surface area contributed by atoms with Crippen molar-refractivity contribution in [3.05, 3.63) is 42.2 Å². The van der Waals surface area contributed by atoms with Gasteiger partial charge in [0.25, 0.3) is 0 Å². The molecule has 0 saturated heterocycles. The molecule has 2 N–H and O–H groups in total. The minimum atomic E-state index is 0.646. The SMILES string of the molecule is Cc1cnc(SCCCOc2ccccc2N)nc1. The fraction of sp³-hybridized carbons (Fsp3) is 0.286. The highest BCUT2D eigenvalue weighted by Crippen LogP contribution is 2.20. The van der Waals surface area contributed by atoms with E-state index in [0.29, 0.717) is 12.3 Å². The van der Waals surface area contributed by atoms with Gasteiger partial charge in [0.2, 0.25) is 0 Å². The van der Waals surface area contributed by atoms with Crippen LogP contribution >= 0.6 is 11.8 Å². The molecule has 4 nitrogen and oxygen atoms in total. The molecule has 0 aliphatic heterocycles. The van der Waals surface area contributed by atoms with Crippen LogP contribution in [0.5, 0.6) is 5.75 Å². The molecule has 1 heterocycles. The van der Waals surface area contributed by atoms with Crippen LogP contribution in [0, 0.1) is 6.92 Å². The van der Waals surface area contributed by atoms with Crippen LogP contribution in [0.4, 0.5) is 5.69 Å². The van der Waals surface area contributed by atoms with Gasteiger partial charge in [-0.1, -0.05) is 23.9 Å². The van der Waals surface area contributed by atoms with Crippen molar-refractivity contribution < 1.29 is 4.74 Å². The predicted molar refractivity (Wildman–Crippen MR) is 78.5 cm³/mol. The van der Waals surface area contributed by atoms with Gasteiger partial charge in [-0.05, 0) is 31.0 Å². The van der Waals surface area contributed by atoms with E-state index in [1.54, 1.807) is 11.8 Å². The van der Waals surface area contributed by atoms with Crippen molar-refractivity contribution in [3.8, 4) is 5.75 Å². The van der Waals surface area contributed by atoms with Crippen molar-refractivity contribution >= 4 is 17.4 Å². The molecule has 0 amide bonds. The lowest BCUT2D eigenvalue weighted by molar-refractivity contribution is 0.320. The van der Waals surface area contributed by atoms with Gasteiger partial charge in [-0.15, -0.1) is 0 Å². The Kier molecular flexibility index (Phi) is 5.03. The highest BCUT2D eigenvalue weighted by atomic mass is 32.2. The summed E-state index contributed by atoms with van der Waals surface area (Å²) in [7, 11) is 0. The second-order valence-electron chi connectivity index (χ2n) is 4.13. The summed E-state index contributed by atoms with van der Waals surface area (Å²) in [6, 6.07) is 7.53. The molecule has 2 aromatic rings.